The van der Waals surface area contributed by atoms with Crippen molar-refractivity contribution in [1.82, 2.24) is 10.6 Å². The fourth-order valence-electron chi connectivity index (χ4n) is 3.12. The molecule has 0 spiro atoms. The highest BCUT2D eigenvalue weighted by Crippen LogP contribution is 2.40. The number of rotatable bonds is 3. The molecule has 0 radical (unpaired) electrons. The monoisotopic (exact) mass is 258 g/mol. The van der Waals surface area contributed by atoms with Crippen molar-refractivity contribution in [1.29, 1.82) is 0 Å². The zero-order valence-corrected chi connectivity index (χ0v) is 11.5. The van der Waals surface area contributed by atoms with E-state index in [9.17, 15) is 4.79 Å². The lowest BCUT2D eigenvalue weighted by Crippen LogP contribution is -2.46. The third-order valence-electron chi connectivity index (χ3n) is 4.69. The molecule has 1 aromatic carbocycles. The van der Waals surface area contributed by atoms with Crippen LogP contribution in [0.1, 0.15) is 43.4 Å². The van der Waals surface area contributed by atoms with E-state index in [0.717, 1.165) is 25.8 Å². The van der Waals surface area contributed by atoms with Gasteiger partial charge >= 0.3 is 0 Å². The lowest BCUT2D eigenvalue weighted by atomic mass is 9.70. The standard InChI is InChI=1S/C16H22N2O/c1-16(8-4-9-16)15(19)18-11-14-13-6-3-2-5-12(13)7-10-17-14/h2-3,5-6,14,17H,4,7-11H2,1H3,(H,18,19). The number of amides is 1. The highest BCUT2D eigenvalue weighted by molar-refractivity contribution is 5.83. The first-order chi connectivity index (χ1) is 9.19. The Bertz CT molecular complexity index is 479. The van der Waals surface area contributed by atoms with E-state index in [4.69, 9.17) is 0 Å². The summed E-state index contributed by atoms with van der Waals surface area (Å²) in [5, 5.41) is 6.64. The van der Waals surface area contributed by atoms with Crippen molar-refractivity contribution in [2.24, 2.45) is 5.41 Å². The lowest BCUT2D eigenvalue weighted by molar-refractivity contribution is -0.134. The molecule has 0 saturated heterocycles. The van der Waals surface area contributed by atoms with Crippen molar-refractivity contribution < 1.29 is 4.79 Å². The van der Waals surface area contributed by atoms with Crippen LogP contribution in [0.5, 0.6) is 0 Å². The molecule has 3 nitrogen and oxygen atoms in total. The molecule has 102 valence electrons. The second kappa shape index (κ2) is 4.97. The molecule has 1 unspecified atom stereocenters. The quantitative estimate of drug-likeness (QED) is 0.872. The van der Waals surface area contributed by atoms with Gasteiger partial charge in [0.05, 0.1) is 0 Å². The minimum atomic E-state index is -0.103. The van der Waals surface area contributed by atoms with Crippen LogP contribution < -0.4 is 10.6 Å². The van der Waals surface area contributed by atoms with E-state index < -0.39 is 0 Å². The summed E-state index contributed by atoms with van der Waals surface area (Å²) in [6.45, 7) is 3.77. The van der Waals surface area contributed by atoms with Crippen molar-refractivity contribution in [2.75, 3.05) is 13.1 Å². The molecule has 1 saturated carbocycles. The summed E-state index contributed by atoms with van der Waals surface area (Å²) in [7, 11) is 0. The molecule has 1 atom stereocenters. The van der Waals surface area contributed by atoms with Gasteiger partial charge in [-0.2, -0.15) is 0 Å². The molecule has 1 aliphatic carbocycles. The SMILES string of the molecule is CC1(C(=O)NCC2NCCc3ccccc32)CCC1. The maximum atomic E-state index is 12.2. The second-order valence-corrected chi connectivity index (χ2v) is 6.08. The Balaban J connectivity index is 1.63. The van der Waals surface area contributed by atoms with Crippen LogP contribution in [0.4, 0.5) is 0 Å². The molecule has 1 aromatic rings. The Hall–Kier alpha value is -1.35. The van der Waals surface area contributed by atoms with Gasteiger partial charge in [0.25, 0.3) is 0 Å². The first-order valence-corrected chi connectivity index (χ1v) is 7.28. The van der Waals surface area contributed by atoms with Crippen molar-refractivity contribution in [3.63, 3.8) is 0 Å². The third-order valence-corrected chi connectivity index (χ3v) is 4.69. The van der Waals surface area contributed by atoms with Crippen LogP contribution in [0.25, 0.3) is 0 Å². The van der Waals surface area contributed by atoms with Crippen molar-refractivity contribution in [3.8, 4) is 0 Å². The average molecular weight is 258 g/mol. The Morgan fingerprint density at radius 2 is 2.21 bits per heavy atom. The Morgan fingerprint density at radius 1 is 1.42 bits per heavy atom. The smallest absolute Gasteiger partial charge is 0.226 e. The topological polar surface area (TPSA) is 41.1 Å². The van der Waals surface area contributed by atoms with Gasteiger partial charge < -0.3 is 10.6 Å². The Morgan fingerprint density at radius 3 is 2.95 bits per heavy atom. The fraction of sp³-hybridized carbons (Fsp3) is 0.562. The summed E-state index contributed by atoms with van der Waals surface area (Å²) < 4.78 is 0. The summed E-state index contributed by atoms with van der Waals surface area (Å²) in [6.07, 6.45) is 4.34. The van der Waals surface area contributed by atoms with Crippen molar-refractivity contribution >= 4 is 5.91 Å². The number of nitrogens with one attached hydrogen (secondary N) is 2. The van der Waals surface area contributed by atoms with E-state index in [1.54, 1.807) is 0 Å². The maximum Gasteiger partial charge on any atom is 0.226 e. The zero-order chi connectivity index (χ0) is 13.3. The Labute approximate surface area is 114 Å². The molecule has 0 aromatic heterocycles. The normalized spacial score (nSPS) is 24.2. The van der Waals surface area contributed by atoms with E-state index in [1.165, 1.54) is 17.5 Å². The van der Waals surface area contributed by atoms with E-state index >= 15 is 0 Å². The Kier molecular flexibility index (Phi) is 3.31. The number of benzene rings is 1. The van der Waals surface area contributed by atoms with Gasteiger partial charge in [0.15, 0.2) is 0 Å². The van der Waals surface area contributed by atoms with Crippen LogP contribution in [0, 0.1) is 5.41 Å². The summed E-state index contributed by atoms with van der Waals surface area (Å²) in [5.41, 5.74) is 2.65. The third kappa shape index (κ3) is 2.39. The molecule has 3 heteroatoms. The molecule has 1 fully saturated rings. The number of carbonyl (C=O) groups is 1. The number of hydrogen-bond acceptors (Lipinski definition) is 2. The van der Waals surface area contributed by atoms with E-state index in [0.29, 0.717) is 6.54 Å². The lowest BCUT2D eigenvalue weighted by Gasteiger charge is -2.37. The highest BCUT2D eigenvalue weighted by atomic mass is 16.2. The summed E-state index contributed by atoms with van der Waals surface area (Å²) in [5.74, 6) is 0.226. The molecule has 3 rings (SSSR count). The molecule has 1 heterocycles. The van der Waals surface area contributed by atoms with Gasteiger partial charge in [-0.1, -0.05) is 37.6 Å². The summed E-state index contributed by atoms with van der Waals surface area (Å²) >= 11 is 0. The van der Waals surface area contributed by atoms with Gasteiger partial charge in [0.1, 0.15) is 0 Å². The van der Waals surface area contributed by atoms with Crippen LogP contribution in [0.2, 0.25) is 0 Å². The van der Waals surface area contributed by atoms with Crippen LogP contribution in [0.3, 0.4) is 0 Å². The van der Waals surface area contributed by atoms with Crippen LogP contribution in [-0.4, -0.2) is 19.0 Å². The second-order valence-electron chi connectivity index (χ2n) is 6.08. The molecule has 19 heavy (non-hydrogen) atoms. The van der Waals surface area contributed by atoms with Gasteiger partial charge in [0.2, 0.25) is 5.91 Å². The number of fused-ring (bicyclic) bond motifs is 1. The van der Waals surface area contributed by atoms with E-state index in [2.05, 4.69) is 41.8 Å². The predicted molar refractivity (Wildman–Crippen MR) is 75.9 cm³/mol. The minimum absolute atomic E-state index is 0.103. The van der Waals surface area contributed by atoms with Crippen molar-refractivity contribution in [3.05, 3.63) is 35.4 Å². The highest BCUT2D eigenvalue weighted by Gasteiger charge is 2.39. The minimum Gasteiger partial charge on any atom is -0.354 e. The fourth-order valence-corrected chi connectivity index (χ4v) is 3.12. The first-order valence-electron chi connectivity index (χ1n) is 7.28. The van der Waals surface area contributed by atoms with Gasteiger partial charge in [-0.05, 0) is 36.9 Å². The molecular weight excluding hydrogens is 236 g/mol. The molecule has 2 N–H and O–H groups in total. The molecule has 1 aliphatic heterocycles. The van der Waals surface area contributed by atoms with Gasteiger partial charge in [-0.25, -0.2) is 0 Å². The van der Waals surface area contributed by atoms with Crippen LogP contribution in [-0.2, 0) is 11.2 Å². The van der Waals surface area contributed by atoms with Gasteiger partial charge in [-0.15, -0.1) is 0 Å². The van der Waals surface area contributed by atoms with Crippen LogP contribution in [0.15, 0.2) is 24.3 Å². The predicted octanol–water partition coefficient (Wildman–Crippen LogP) is 2.18. The zero-order valence-electron chi connectivity index (χ0n) is 11.5. The van der Waals surface area contributed by atoms with Crippen molar-refractivity contribution in [2.45, 2.75) is 38.6 Å². The van der Waals surface area contributed by atoms with Crippen LogP contribution >= 0.6 is 0 Å². The molecule has 0 bridgehead atoms. The van der Waals surface area contributed by atoms with Gasteiger partial charge in [-0.3, -0.25) is 4.79 Å². The van der Waals surface area contributed by atoms with E-state index in [1.807, 2.05) is 0 Å². The number of carbonyl (C=O) groups excluding carboxylic acids is 1. The average Bonchev–Trinajstić information content (AvgIpc) is 2.42. The molecule has 2 aliphatic rings. The van der Waals surface area contributed by atoms with Gasteiger partial charge in [0, 0.05) is 18.0 Å². The maximum absolute atomic E-state index is 12.2. The summed E-state index contributed by atoms with van der Waals surface area (Å²) in [4.78, 5) is 12.2. The largest absolute Gasteiger partial charge is 0.354 e. The molecule has 1 amide bonds. The first kappa shape index (κ1) is 12.7. The summed E-state index contributed by atoms with van der Waals surface area (Å²) in [6, 6.07) is 8.79. The van der Waals surface area contributed by atoms with E-state index in [-0.39, 0.29) is 17.4 Å². The number of hydrogen-bond donors (Lipinski definition) is 2. The molecular formula is C16H22N2O.